The standard InChI is InChI=1S/C24H23N5O/c1-2-17-6-9-21(10-7-17)28-24(30)29-23-5-3-4-18(12-23)14-25-22-11-8-19-15-26-27-16-20(19)13-22/h3-13,15-16,25H,2,14H2,1H3,(H2,28,29,30). The minimum absolute atomic E-state index is 0.264. The van der Waals surface area contributed by atoms with Gasteiger partial charge in [-0.2, -0.15) is 10.2 Å². The third-order valence-corrected chi connectivity index (χ3v) is 4.85. The SMILES string of the molecule is CCc1ccc(NC(=O)Nc2cccc(CNc3ccc4cnncc4c3)c2)cc1. The van der Waals surface area contributed by atoms with E-state index < -0.39 is 0 Å². The minimum atomic E-state index is -0.264. The molecular weight excluding hydrogens is 374 g/mol. The van der Waals surface area contributed by atoms with Crippen molar-refractivity contribution in [2.75, 3.05) is 16.0 Å². The molecule has 0 spiro atoms. The maximum atomic E-state index is 12.3. The predicted molar refractivity (Wildman–Crippen MR) is 122 cm³/mol. The average molecular weight is 397 g/mol. The van der Waals surface area contributed by atoms with E-state index in [9.17, 15) is 4.79 Å². The highest BCUT2D eigenvalue weighted by Crippen LogP contribution is 2.19. The Kier molecular flexibility index (Phi) is 5.85. The summed E-state index contributed by atoms with van der Waals surface area (Å²) in [4.78, 5) is 12.3. The van der Waals surface area contributed by atoms with Crippen LogP contribution in [0.15, 0.2) is 79.1 Å². The monoisotopic (exact) mass is 397 g/mol. The molecule has 4 aromatic rings. The Morgan fingerprint density at radius 2 is 1.50 bits per heavy atom. The second-order valence-electron chi connectivity index (χ2n) is 7.02. The van der Waals surface area contributed by atoms with Crippen molar-refractivity contribution in [3.05, 3.63) is 90.3 Å². The van der Waals surface area contributed by atoms with E-state index in [0.717, 1.165) is 39.8 Å². The van der Waals surface area contributed by atoms with Gasteiger partial charge in [0.1, 0.15) is 0 Å². The molecule has 4 rings (SSSR count). The summed E-state index contributed by atoms with van der Waals surface area (Å²) < 4.78 is 0. The molecule has 2 amide bonds. The first-order valence-electron chi connectivity index (χ1n) is 9.90. The molecule has 3 N–H and O–H groups in total. The van der Waals surface area contributed by atoms with Gasteiger partial charge in [0.2, 0.25) is 0 Å². The molecule has 0 aliphatic rings. The Labute approximate surface area is 175 Å². The highest BCUT2D eigenvalue weighted by atomic mass is 16.2. The van der Waals surface area contributed by atoms with Crippen LogP contribution in [0.3, 0.4) is 0 Å². The van der Waals surface area contributed by atoms with Crippen LogP contribution in [0.2, 0.25) is 0 Å². The van der Waals surface area contributed by atoms with Crippen molar-refractivity contribution in [2.45, 2.75) is 19.9 Å². The van der Waals surface area contributed by atoms with Crippen molar-refractivity contribution in [1.29, 1.82) is 0 Å². The van der Waals surface area contributed by atoms with Crippen LogP contribution in [0.5, 0.6) is 0 Å². The Morgan fingerprint density at radius 1 is 0.767 bits per heavy atom. The van der Waals surface area contributed by atoms with Crippen molar-refractivity contribution in [2.24, 2.45) is 0 Å². The predicted octanol–water partition coefficient (Wildman–Crippen LogP) is 5.45. The van der Waals surface area contributed by atoms with Crippen molar-refractivity contribution >= 4 is 33.9 Å². The van der Waals surface area contributed by atoms with Gasteiger partial charge in [0, 0.05) is 34.4 Å². The van der Waals surface area contributed by atoms with E-state index >= 15 is 0 Å². The van der Waals surface area contributed by atoms with E-state index in [4.69, 9.17) is 0 Å². The van der Waals surface area contributed by atoms with E-state index in [1.165, 1.54) is 5.56 Å². The first-order chi connectivity index (χ1) is 14.7. The second-order valence-corrected chi connectivity index (χ2v) is 7.02. The lowest BCUT2D eigenvalue weighted by molar-refractivity contribution is 0.262. The highest BCUT2D eigenvalue weighted by Gasteiger charge is 2.04. The van der Waals surface area contributed by atoms with Gasteiger partial charge in [0.15, 0.2) is 0 Å². The number of benzene rings is 3. The van der Waals surface area contributed by atoms with Crippen LogP contribution in [0, 0.1) is 0 Å². The number of nitrogens with one attached hydrogen (secondary N) is 3. The molecule has 6 heteroatoms. The quantitative estimate of drug-likeness (QED) is 0.404. The molecule has 1 aromatic heterocycles. The Morgan fingerprint density at radius 3 is 2.30 bits per heavy atom. The summed E-state index contributed by atoms with van der Waals surface area (Å²) >= 11 is 0. The van der Waals surface area contributed by atoms with E-state index in [-0.39, 0.29) is 6.03 Å². The lowest BCUT2D eigenvalue weighted by atomic mass is 10.1. The van der Waals surface area contributed by atoms with Crippen LogP contribution in [-0.4, -0.2) is 16.2 Å². The molecule has 0 aliphatic carbocycles. The van der Waals surface area contributed by atoms with Crippen LogP contribution in [-0.2, 0) is 13.0 Å². The molecule has 0 bridgehead atoms. The van der Waals surface area contributed by atoms with Crippen LogP contribution in [0.4, 0.5) is 21.9 Å². The van der Waals surface area contributed by atoms with E-state index in [1.54, 1.807) is 12.4 Å². The van der Waals surface area contributed by atoms with E-state index in [0.29, 0.717) is 6.54 Å². The fraction of sp³-hybridized carbons (Fsp3) is 0.125. The number of hydrogen-bond donors (Lipinski definition) is 3. The van der Waals surface area contributed by atoms with Gasteiger partial charge in [-0.05, 0) is 53.9 Å². The number of fused-ring (bicyclic) bond motifs is 1. The molecule has 6 nitrogen and oxygen atoms in total. The minimum Gasteiger partial charge on any atom is -0.381 e. The van der Waals surface area contributed by atoms with Gasteiger partial charge in [0.05, 0.1) is 12.4 Å². The maximum Gasteiger partial charge on any atom is 0.323 e. The average Bonchev–Trinajstić information content (AvgIpc) is 2.78. The highest BCUT2D eigenvalue weighted by molar-refractivity contribution is 5.99. The topological polar surface area (TPSA) is 78.9 Å². The van der Waals surface area contributed by atoms with Gasteiger partial charge in [-0.15, -0.1) is 0 Å². The smallest absolute Gasteiger partial charge is 0.323 e. The molecule has 0 aliphatic heterocycles. The first-order valence-corrected chi connectivity index (χ1v) is 9.90. The molecule has 0 radical (unpaired) electrons. The van der Waals surface area contributed by atoms with Gasteiger partial charge in [-0.1, -0.05) is 37.3 Å². The number of carbonyl (C=O) groups excluding carboxylic acids is 1. The number of nitrogens with zero attached hydrogens (tertiary/aromatic N) is 2. The van der Waals surface area contributed by atoms with Gasteiger partial charge >= 0.3 is 6.03 Å². The summed E-state index contributed by atoms with van der Waals surface area (Å²) in [5, 5.41) is 19.1. The molecule has 0 atom stereocenters. The lowest BCUT2D eigenvalue weighted by Gasteiger charge is -2.11. The van der Waals surface area contributed by atoms with Gasteiger partial charge in [-0.3, -0.25) is 0 Å². The lowest BCUT2D eigenvalue weighted by Crippen LogP contribution is -2.19. The number of amides is 2. The Hall–Kier alpha value is -3.93. The van der Waals surface area contributed by atoms with Crippen molar-refractivity contribution < 1.29 is 4.79 Å². The van der Waals surface area contributed by atoms with Crippen molar-refractivity contribution in [3.8, 4) is 0 Å². The molecule has 0 unspecified atom stereocenters. The van der Waals surface area contributed by atoms with E-state index in [2.05, 4.69) is 33.1 Å². The van der Waals surface area contributed by atoms with Gasteiger partial charge in [-0.25, -0.2) is 4.79 Å². The number of anilines is 3. The van der Waals surface area contributed by atoms with Crippen LogP contribution in [0.1, 0.15) is 18.1 Å². The largest absolute Gasteiger partial charge is 0.381 e. The van der Waals surface area contributed by atoms with Crippen LogP contribution < -0.4 is 16.0 Å². The summed E-state index contributed by atoms with van der Waals surface area (Å²) in [6.45, 7) is 2.74. The van der Waals surface area contributed by atoms with Crippen molar-refractivity contribution in [3.63, 3.8) is 0 Å². The zero-order valence-electron chi connectivity index (χ0n) is 16.7. The molecule has 0 saturated heterocycles. The van der Waals surface area contributed by atoms with Crippen LogP contribution >= 0.6 is 0 Å². The number of aryl methyl sites for hydroxylation is 1. The number of urea groups is 1. The summed E-state index contributed by atoms with van der Waals surface area (Å²) in [6, 6.07) is 21.4. The summed E-state index contributed by atoms with van der Waals surface area (Å²) in [5.41, 5.74) is 4.81. The maximum absolute atomic E-state index is 12.3. The van der Waals surface area contributed by atoms with Gasteiger partial charge in [0.25, 0.3) is 0 Å². The fourth-order valence-corrected chi connectivity index (χ4v) is 3.19. The molecule has 30 heavy (non-hydrogen) atoms. The number of rotatable bonds is 6. The molecule has 0 saturated carbocycles. The fourth-order valence-electron chi connectivity index (χ4n) is 3.19. The van der Waals surface area contributed by atoms with E-state index in [1.807, 2.05) is 66.7 Å². The Balaban J connectivity index is 1.36. The summed E-state index contributed by atoms with van der Waals surface area (Å²) in [5.74, 6) is 0. The third kappa shape index (κ3) is 4.91. The number of aromatic nitrogens is 2. The summed E-state index contributed by atoms with van der Waals surface area (Å²) in [7, 11) is 0. The second kappa shape index (κ2) is 9.05. The Bertz CT molecular complexity index is 1160. The molecule has 150 valence electrons. The van der Waals surface area contributed by atoms with Crippen LogP contribution in [0.25, 0.3) is 10.8 Å². The number of carbonyl (C=O) groups is 1. The first kappa shape index (κ1) is 19.4. The molecule has 1 heterocycles. The molecule has 0 fully saturated rings. The normalized spacial score (nSPS) is 10.6. The molecule has 3 aromatic carbocycles. The molecular formula is C24H23N5O. The van der Waals surface area contributed by atoms with Crippen molar-refractivity contribution in [1.82, 2.24) is 10.2 Å². The number of hydrogen-bond acceptors (Lipinski definition) is 4. The zero-order valence-corrected chi connectivity index (χ0v) is 16.7. The third-order valence-electron chi connectivity index (χ3n) is 4.85. The zero-order chi connectivity index (χ0) is 20.8. The van der Waals surface area contributed by atoms with Gasteiger partial charge < -0.3 is 16.0 Å². The summed E-state index contributed by atoms with van der Waals surface area (Å²) in [6.07, 6.45) is 4.47.